The molecule has 1 N–H and O–H groups in total. The maximum absolute atomic E-state index is 11.7. The number of carboxylic acids is 1. The predicted octanol–water partition coefficient (Wildman–Crippen LogP) is 3.07. The minimum absolute atomic E-state index is 0.161. The molecule has 18 heavy (non-hydrogen) atoms. The molecule has 0 aromatic heterocycles. The Kier molecular flexibility index (Phi) is 2.73. The summed E-state index contributed by atoms with van der Waals surface area (Å²) < 4.78 is 11.7. The second-order valence-corrected chi connectivity index (χ2v) is 5.70. The van der Waals surface area contributed by atoms with Crippen LogP contribution >= 0.6 is 15.9 Å². The lowest BCUT2D eigenvalue weighted by Gasteiger charge is -2.25. The van der Waals surface area contributed by atoms with Crippen molar-refractivity contribution in [2.75, 3.05) is 6.79 Å². The van der Waals surface area contributed by atoms with E-state index in [2.05, 4.69) is 15.9 Å². The first kappa shape index (κ1) is 11.8. The lowest BCUT2D eigenvalue weighted by atomic mass is 9.78. The van der Waals surface area contributed by atoms with Crippen molar-refractivity contribution >= 4 is 21.9 Å². The van der Waals surface area contributed by atoms with Crippen LogP contribution in [0.4, 0.5) is 0 Å². The van der Waals surface area contributed by atoms with Gasteiger partial charge < -0.3 is 14.6 Å². The molecule has 1 aliphatic heterocycles. The molecule has 1 fully saturated rings. The zero-order chi connectivity index (χ0) is 12.8. The lowest BCUT2D eigenvalue weighted by Crippen LogP contribution is -2.32. The smallest absolute Gasteiger partial charge is 0.314 e. The molecule has 0 spiro atoms. The second kappa shape index (κ2) is 4.16. The molecule has 1 saturated carbocycles. The molecule has 0 atom stereocenters. The number of hydrogen-bond donors (Lipinski definition) is 1. The van der Waals surface area contributed by atoms with Gasteiger partial charge in [0.2, 0.25) is 6.79 Å². The fourth-order valence-corrected chi connectivity index (χ4v) is 3.35. The van der Waals surface area contributed by atoms with Crippen LogP contribution in [0, 0.1) is 0 Å². The summed E-state index contributed by atoms with van der Waals surface area (Å²) in [6.45, 7) is 0.161. The second-order valence-electron chi connectivity index (χ2n) is 4.78. The van der Waals surface area contributed by atoms with Crippen LogP contribution < -0.4 is 9.47 Å². The molecule has 1 heterocycles. The first-order valence-corrected chi connectivity index (χ1v) is 6.76. The predicted molar refractivity (Wildman–Crippen MR) is 68.0 cm³/mol. The van der Waals surface area contributed by atoms with E-state index in [1.54, 1.807) is 0 Å². The number of aliphatic carboxylic acids is 1. The molecule has 0 saturated heterocycles. The van der Waals surface area contributed by atoms with E-state index >= 15 is 0 Å². The molecule has 4 nitrogen and oxygen atoms in total. The van der Waals surface area contributed by atoms with Gasteiger partial charge in [-0.1, -0.05) is 28.8 Å². The SMILES string of the molecule is O=C(O)C1(c2cc(Br)cc3c2OCO3)CCCC1. The van der Waals surface area contributed by atoms with Crippen LogP contribution in [-0.4, -0.2) is 17.9 Å². The van der Waals surface area contributed by atoms with Crippen LogP contribution in [0.15, 0.2) is 16.6 Å². The third-order valence-corrected chi connectivity index (χ3v) is 4.28. The molecular weight excluding hydrogens is 300 g/mol. The number of fused-ring (bicyclic) bond motifs is 1. The molecule has 1 aromatic rings. The fraction of sp³-hybridized carbons (Fsp3) is 0.462. The Morgan fingerprint density at radius 1 is 1.28 bits per heavy atom. The Morgan fingerprint density at radius 3 is 2.67 bits per heavy atom. The number of benzene rings is 1. The summed E-state index contributed by atoms with van der Waals surface area (Å²) in [7, 11) is 0. The zero-order valence-corrected chi connectivity index (χ0v) is 11.3. The number of hydrogen-bond acceptors (Lipinski definition) is 3. The Hall–Kier alpha value is -1.23. The molecule has 2 aliphatic rings. The molecule has 96 valence electrons. The first-order chi connectivity index (χ1) is 8.63. The normalized spacial score (nSPS) is 20.1. The van der Waals surface area contributed by atoms with Gasteiger partial charge in [0.1, 0.15) is 0 Å². The van der Waals surface area contributed by atoms with E-state index in [0.29, 0.717) is 24.3 Å². The van der Waals surface area contributed by atoms with Gasteiger partial charge in [-0.2, -0.15) is 0 Å². The maximum atomic E-state index is 11.7. The summed E-state index contributed by atoms with van der Waals surface area (Å²) in [6, 6.07) is 3.67. The highest BCUT2D eigenvalue weighted by molar-refractivity contribution is 9.10. The molecule has 0 amide bonds. The largest absolute Gasteiger partial charge is 0.481 e. The summed E-state index contributed by atoms with van der Waals surface area (Å²) in [5.41, 5.74) is -0.0731. The standard InChI is InChI=1S/C13H13BrO4/c14-8-5-9(11-10(6-8)17-7-18-11)13(12(15)16)3-1-2-4-13/h5-6H,1-4,7H2,(H,15,16). The summed E-state index contributed by atoms with van der Waals surface area (Å²) >= 11 is 3.41. The number of carboxylic acid groups (broad SMARTS) is 1. The summed E-state index contributed by atoms with van der Waals surface area (Å²) in [4.78, 5) is 11.7. The lowest BCUT2D eigenvalue weighted by molar-refractivity contribution is -0.143. The van der Waals surface area contributed by atoms with Gasteiger partial charge in [-0.05, 0) is 25.0 Å². The highest BCUT2D eigenvalue weighted by atomic mass is 79.9. The van der Waals surface area contributed by atoms with E-state index in [4.69, 9.17) is 9.47 Å². The van der Waals surface area contributed by atoms with Crippen molar-refractivity contribution in [2.24, 2.45) is 0 Å². The molecule has 0 radical (unpaired) electrons. The van der Waals surface area contributed by atoms with Crippen LogP contribution in [0.2, 0.25) is 0 Å². The van der Waals surface area contributed by atoms with Crippen molar-refractivity contribution in [1.29, 1.82) is 0 Å². The van der Waals surface area contributed by atoms with Crippen molar-refractivity contribution in [3.63, 3.8) is 0 Å². The zero-order valence-electron chi connectivity index (χ0n) is 9.74. The van der Waals surface area contributed by atoms with E-state index in [-0.39, 0.29) is 6.79 Å². The van der Waals surface area contributed by atoms with Crippen LogP contribution in [0.5, 0.6) is 11.5 Å². The topological polar surface area (TPSA) is 55.8 Å². The van der Waals surface area contributed by atoms with Gasteiger partial charge in [0.15, 0.2) is 11.5 Å². The summed E-state index contributed by atoms with van der Waals surface area (Å²) in [5, 5.41) is 9.63. The van der Waals surface area contributed by atoms with Crippen molar-refractivity contribution in [2.45, 2.75) is 31.1 Å². The van der Waals surface area contributed by atoms with Crippen molar-refractivity contribution in [1.82, 2.24) is 0 Å². The van der Waals surface area contributed by atoms with Crippen LogP contribution in [0.25, 0.3) is 0 Å². The molecule has 0 unspecified atom stereocenters. The number of ether oxygens (including phenoxy) is 2. The Labute approximate surface area is 113 Å². The van der Waals surface area contributed by atoms with E-state index in [0.717, 1.165) is 22.9 Å². The van der Waals surface area contributed by atoms with E-state index in [1.807, 2.05) is 12.1 Å². The summed E-state index contributed by atoms with van der Waals surface area (Å²) in [6.07, 6.45) is 3.20. The summed E-state index contributed by atoms with van der Waals surface area (Å²) in [5.74, 6) is 0.463. The van der Waals surface area contributed by atoms with Gasteiger partial charge in [0.25, 0.3) is 0 Å². The third-order valence-electron chi connectivity index (χ3n) is 3.82. The number of carbonyl (C=O) groups is 1. The fourth-order valence-electron chi connectivity index (χ4n) is 2.91. The number of rotatable bonds is 2. The quantitative estimate of drug-likeness (QED) is 0.911. The molecule has 5 heteroatoms. The van der Waals surface area contributed by atoms with Gasteiger partial charge >= 0.3 is 5.97 Å². The highest BCUT2D eigenvalue weighted by Crippen LogP contribution is 2.50. The van der Waals surface area contributed by atoms with Crippen LogP contribution in [-0.2, 0) is 10.2 Å². The van der Waals surface area contributed by atoms with Crippen molar-refractivity contribution in [3.05, 3.63) is 22.2 Å². The molecule has 0 bridgehead atoms. The Bertz CT molecular complexity index is 506. The minimum Gasteiger partial charge on any atom is -0.481 e. The van der Waals surface area contributed by atoms with Gasteiger partial charge in [0, 0.05) is 10.0 Å². The van der Waals surface area contributed by atoms with E-state index in [9.17, 15) is 9.90 Å². The van der Waals surface area contributed by atoms with Crippen molar-refractivity contribution < 1.29 is 19.4 Å². The molecule has 3 rings (SSSR count). The molecule has 1 aliphatic carbocycles. The Balaban J connectivity index is 2.19. The van der Waals surface area contributed by atoms with Gasteiger partial charge in [0.05, 0.1) is 5.41 Å². The van der Waals surface area contributed by atoms with E-state index in [1.165, 1.54) is 0 Å². The average molecular weight is 313 g/mol. The van der Waals surface area contributed by atoms with E-state index < -0.39 is 11.4 Å². The average Bonchev–Trinajstić information content (AvgIpc) is 2.96. The van der Waals surface area contributed by atoms with Crippen molar-refractivity contribution in [3.8, 4) is 11.5 Å². The third kappa shape index (κ3) is 1.61. The molecular formula is C13H13BrO4. The molecule has 1 aromatic carbocycles. The maximum Gasteiger partial charge on any atom is 0.314 e. The number of halogens is 1. The highest BCUT2D eigenvalue weighted by Gasteiger charge is 2.46. The monoisotopic (exact) mass is 312 g/mol. The van der Waals surface area contributed by atoms with Gasteiger partial charge in [-0.3, -0.25) is 4.79 Å². The van der Waals surface area contributed by atoms with Gasteiger partial charge in [-0.15, -0.1) is 0 Å². The Morgan fingerprint density at radius 2 is 2.00 bits per heavy atom. The van der Waals surface area contributed by atoms with Crippen LogP contribution in [0.3, 0.4) is 0 Å². The van der Waals surface area contributed by atoms with Gasteiger partial charge in [-0.25, -0.2) is 0 Å². The minimum atomic E-state index is -0.818. The first-order valence-electron chi connectivity index (χ1n) is 5.96. The van der Waals surface area contributed by atoms with Crippen LogP contribution in [0.1, 0.15) is 31.2 Å².